The average molecular weight is 377 g/mol. The van der Waals surface area contributed by atoms with Crippen LogP contribution in [0.1, 0.15) is 5.56 Å². The van der Waals surface area contributed by atoms with Crippen molar-refractivity contribution in [2.75, 3.05) is 11.9 Å². The van der Waals surface area contributed by atoms with Gasteiger partial charge < -0.3 is 15.0 Å². The predicted molar refractivity (Wildman–Crippen MR) is 82.0 cm³/mol. The average Bonchev–Trinajstić information content (AvgIpc) is 2.51. The van der Waals surface area contributed by atoms with Crippen LogP contribution in [0, 0.1) is 5.82 Å². The molecule has 0 heterocycles. The zero-order chi connectivity index (χ0) is 18.8. The molecular formula is C15H11F4NO4S. The molecule has 0 aliphatic rings. The second-order valence-electron chi connectivity index (χ2n) is 4.90. The highest BCUT2D eigenvalue weighted by molar-refractivity contribution is 7.79. The molecule has 0 aliphatic heterocycles. The molecule has 2 aromatic rings. The highest BCUT2D eigenvalue weighted by Crippen LogP contribution is 2.38. The molecule has 5 nitrogen and oxygen atoms in total. The van der Waals surface area contributed by atoms with Gasteiger partial charge in [0.15, 0.2) is 11.1 Å². The van der Waals surface area contributed by atoms with Gasteiger partial charge in [-0.3, -0.25) is 4.79 Å². The largest absolute Gasteiger partial charge is 0.480 e. The Bertz CT molecular complexity index is 839. The molecule has 2 aromatic carbocycles. The van der Waals surface area contributed by atoms with Crippen molar-refractivity contribution < 1.29 is 36.2 Å². The van der Waals surface area contributed by atoms with Gasteiger partial charge in [0.25, 0.3) is 0 Å². The molecule has 0 radical (unpaired) electrons. The second-order valence-corrected chi connectivity index (χ2v) is 5.83. The summed E-state index contributed by atoms with van der Waals surface area (Å²) in [5, 5.41) is 11.1. The maximum absolute atomic E-state index is 13.3. The third-order valence-corrected chi connectivity index (χ3v) is 3.91. The van der Waals surface area contributed by atoms with E-state index in [2.05, 4.69) is 5.32 Å². The van der Waals surface area contributed by atoms with Crippen molar-refractivity contribution in [2.45, 2.75) is 11.1 Å². The van der Waals surface area contributed by atoms with E-state index in [1.807, 2.05) is 0 Å². The summed E-state index contributed by atoms with van der Waals surface area (Å²) in [5.41, 5.74) is -1.34. The maximum Gasteiger partial charge on any atom is 0.416 e. The minimum absolute atomic E-state index is 0.00583. The summed E-state index contributed by atoms with van der Waals surface area (Å²) in [4.78, 5) is 10.3. The van der Waals surface area contributed by atoms with Crippen molar-refractivity contribution in [1.29, 1.82) is 0 Å². The van der Waals surface area contributed by atoms with E-state index in [0.29, 0.717) is 6.07 Å². The van der Waals surface area contributed by atoms with Crippen molar-refractivity contribution in [1.82, 2.24) is 0 Å². The first-order valence-electron chi connectivity index (χ1n) is 6.67. The van der Waals surface area contributed by atoms with E-state index in [-0.39, 0.29) is 16.8 Å². The van der Waals surface area contributed by atoms with Crippen LogP contribution in [0.15, 0.2) is 41.3 Å². The highest BCUT2D eigenvalue weighted by Gasteiger charge is 2.31. The number of benzene rings is 2. The minimum atomic E-state index is -4.68. The fourth-order valence-corrected chi connectivity index (χ4v) is 2.71. The molecule has 134 valence electrons. The SMILES string of the molecule is O=C(O)CNc1ccc(C(F)(F)F)cc1-c1ccc(F)cc1S(=O)O. The van der Waals surface area contributed by atoms with Gasteiger partial charge in [0, 0.05) is 16.8 Å². The van der Waals surface area contributed by atoms with E-state index in [9.17, 15) is 31.1 Å². The lowest BCUT2D eigenvalue weighted by Crippen LogP contribution is -2.14. The standard InChI is InChI=1S/C15H11F4NO4S/c16-9-2-3-10(13(6-9)25(23)24)11-5-8(15(17,18)19)1-4-12(11)20-7-14(21)22/h1-6,20H,7H2,(H,21,22)(H,23,24). The molecule has 0 saturated carbocycles. The Morgan fingerprint density at radius 3 is 2.36 bits per heavy atom. The van der Waals surface area contributed by atoms with Gasteiger partial charge in [-0.15, -0.1) is 0 Å². The van der Waals surface area contributed by atoms with Crippen LogP contribution >= 0.6 is 0 Å². The Labute approximate surface area is 141 Å². The van der Waals surface area contributed by atoms with Gasteiger partial charge in [0.2, 0.25) is 0 Å². The van der Waals surface area contributed by atoms with Crippen LogP contribution < -0.4 is 5.32 Å². The minimum Gasteiger partial charge on any atom is -0.480 e. The molecule has 1 atom stereocenters. The Hall–Kier alpha value is -2.46. The Balaban J connectivity index is 2.68. The number of halogens is 4. The maximum atomic E-state index is 13.3. The molecule has 25 heavy (non-hydrogen) atoms. The van der Waals surface area contributed by atoms with E-state index >= 15 is 0 Å². The third kappa shape index (κ3) is 4.54. The van der Waals surface area contributed by atoms with Gasteiger partial charge in [0.05, 0.1) is 10.5 Å². The van der Waals surface area contributed by atoms with Gasteiger partial charge in [-0.05, 0) is 30.3 Å². The molecular weight excluding hydrogens is 366 g/mol. The van der Waals surface area contributed by atoms with Crippen molar-refractivity contribution >= 4 is 22.7 Å². The Kier molecular flexibility index (Phi) is 5.43. The first kappa shape index (κ1) is 18.9. The first-order valence-corrected chi connectivity index (χ1v) is 7.78. The Morgan fingerprint density at radius 2 is 1.80 bits per heavy atom. The van der Waals surface area contributed by atoms with Crippen molar-refractivity contribution in [2.24, 2.45) is 0 Å². The topological polar surface area (TPSA) is 86.6 Å². The number of carboxylic acids is 1. The number of anilines is 1. The number of alkyl halides is 3. The van der Waals surface area contributed by atoms with Crippen LogP contribution in [0.4, 0.5) is 23.2 Å². The zero-order valence-electron chi connectivity index (χ0n) is 12.3. The Morgan fingerprint density at radius 1 is 1.12 bits per heavy atom. The lowest BCUT2D eigenvalue weighted by Gasteiger charge is -2.16. The van der Waals surface area contributed by atoms with Crippen molar-refractivity contribution in [3.05, 3.63) is 47.8 Å². The van der Waals surface area contributed by atoms with E-state index < -0.39 is 46.0 Å². The number of carbonyl (C=O) groups is 1. The lowest BCUT2D eigenvalue weighted by atomic mass is 10.00. The van der Waals surface area contributed by atoms with Gasteiger partial charge in [-0.25, -0.2) is 8.60 Å². The number of nitrogens with one attached hydrogen (secondary N) is 1. The monoisotopic (exact) mass is 377 g/mol. The van der Waals surface area contributed by atoms with E-state index in [4.69, 9.17) is 5.11 Å². The van der Waals surface area contributed by atoms with Crippen LogP contribution in [0.3, 0.4) is 0 Å². The van der Waals surface area contributed by atoms with E-state index in [1.54, 1.807) is 0 Å². The summed E-state index contributed by atoms with van der Waals surface area (Å²) in [6, 6.07) is 5.16. The molecule has 0 fully saturated rings. The number of rotatable bonds is 5. The molecule has 0 aliphatic carbocycles. The predicted octanol–water partition coefficient (Wildman–Crippen LogP) is 3.59. The van der Waals surface area contributed by atoms with Gasteiger partial charge in [-0.1, -0.05) is 6.07 Å². The number of carboxylic acid groups (broad SMARTS) is 1. The molecule has 0 spiro atoms. The number of hydrogen-bond donors (Lipinski definition) is 3. The molecule has 0 saturated heterocycles. The lowest BCUT2D eigenvalue weighted by molar-refractivity contribution is -0.137. The van der Waals surface area contributed by atoms with Crippen LogP contribution in [0.25, 0.3) is 11.1 Å². The number of hydrogen-bond acceptors (Lipinski definition) is 3. The van der Waals surface area contributed by atoms with Gasteiger partial charge in [0.1, 0.15) is 12.4 Å². The quantitative estimate of drug-likeness (QED) is 0.548. The highest BCUT2D eigenvalue weighted by atomic mass is 32.2. The number of aliphatic carboxylic acids is 1. The van der Waals surface area contributed by atoms with Gasteiger partial charge in [-0.2, -0.15) is 13.2 Å². The normalized spacial score (nSPS) is 12.7. The summed E-state index contributed by atoms with van der Waals surface area (Å²) in [5.74, 6) is -2.09. The molecule has 0 amide bonds. The van der Waals surface area contributed by atoms with E-state index in [0.717, 1.165) is 30.3 Å². The third-order valence-electron chi connectivity index (χ3n) is 3.20. The van der Waals surface area contributed by atoms with E-state index in [1.165, 1.54) is 0 Å². The molecule has 0 bridgehead atoms. The summed E-state index contributed by atoms with van der Waals surface area (Å²) in [7, 11) is 0. The summed E-state index contributed by atoms with van der Waals surface area (Å²) < 4.78 is 72.9. The smallest absolute Gasteiger partial charge is 0.416 e. The summed E-state index contributed by atoms with van der Waals surface area (Å²) in [6.45, 7) is -0.586. The molecule has 10 heteroatoms. The zero-order valence-corrected chi connectivity index (χ0v) is 13.1. The van der Waals surface area contributed by atoms with Crippen LogP contribution in [0.2, 0.25) is 0 Å². The molecule has 3 N–H and O–H groups in total. The second kappa shape index (κ2) is 7.19. The van der Waals surface area contributed by atoms with Crippen LogP contribution in [-0.2, 0) is 22.1 Å². The molecule has 0 aromatic heterocycles. The fraction of sp³-hybridized carbons (Fsp3) is 0.133. The van der Waals surface area contributed by atoms with Crippen molar-refractivity contribution in [3.63, 3.8) is 0 Å². The molecule has 2 rings (SSSR count). The van der Waals surface area contributed by atoms with Gasteiger partial charge >= 0.3 is 12.1 Å². The van der Waals surface area contributed by atoms with Crippen LogP contribution in [-0.4, -0.2) is 26.4 Å². The summed E-state index contributed by atoms with van der Waals surface area (Å²) in [6.07, 6.45) is -4.68. The first-order chi connectivity index (χ1) is 11.6. The van der Waals surface area contributed by atoms with Crippen molar-refractivity contribution in [3.8, 4) is 11.1 Å². The fourth-order valence-electron chi connectivity index (χ4n) is 2.13. The van der Waals surface area contributed by atoms with Crippen LogP contribution in [0.5, 0.6) is 0 Å². The summed E-state index contributed by atoms with van der Waals surface area (Å²) >= 11 is -2.67. The molecule has 1 unspecified atom stereocenters.